The molecule has 5 nitrogen and oxygen atoms in total. The Balaban J connectivity index is 1.70. The maximum absolute atomic E-state index is 12.2. The first-order valence-corrected chi connectivity index (χ1v) is 7.49. The molecule has 6 heteroatoms. The number of hydrogen-bond donors (Lipinski definition) is 3. The molecule has 0 aliphatic rings. The summed E-state index contributed by atoms with van der Waals surface area (Å²) in [5.74, 6) is -0.125. The Morgan fingerprint density at radius 2 is 2.18 bits per heavy atom. The van der Waals surface area contributed by atoms with Crippen LogP contribution in [-0.4, -0.2) is 27.4 Å². The van der Waals surface area contributed by atoms with Crippen LogP contribution in [0.5, 0.6) is 0 Å². The molecule has 0 saturated carbocycles. The highest BCUT2D eigenvalue weighted by atomic mass is 35.5. The molecule has 0 aliphatic heterocycles. The fourth-order valence-corrected chi connectivity index (χ4v) is 2.64. The van der Waals surface area contributed by atoms with Gasteiger partial charge >= 0.3 is 0 Å². The minimum atomic E-state index is -0.125. The molecule has 3 N–H and O–H groups in total. The number of fused-ring (bicyclic) bond motifs is 1. The number of imidazole rings is 1. The van der Waals surface area contributed by atoms with Crippen LogP contribution in [0, 0.1) is 13.8 Å². The van der Waals surface area contributed by atoms with E-state index in [1.54, 1.807) is 6.33 Å². The Hall–Kier alpha value is -2.27. The van der Waals surface area contributed by atoms with E-state index in [0.29, 0.717) is 23.7 Å². The van der Waals surface area contributed by atoms with Crippen molar-refractivity contribution in [1.29, 1.82) is 0 Å². The summed E-state index contributed by atoms with van der Waals surface area (Å²) in [6, 6.07) is 5.55. The highest BCUT2D eigenvalue weighted by Crippen LogP contribution is 2.25. The van der Waals surface area contributed by atoms with E-state index in [0.717, 1.165) is 27.9 Å². The summed E-state index contributed by atoms with van der Waals surface area (Å²) in [7, 11) is 0. The van der Waals surface area contributed by atoms with Crippen LogP contribution >= 0.6 is 11.6 Å². The molecule has 2 heterocycles. The van der Waals surface area contributed by atoms with E-state index in [1.165, 1.54) is 0 Å². The van der Waals surface area contributed by atoms with Gasteiger partial charge in [0, 0.05) is 34.6 Å². The number of nitrogens with zero attached hydrogens (tertiary/aromatic N) is 1. The van der Waals surface area contributed by atoms with Gasteiger partial charge in [-0.2, -0.15) is 0 Å². The lowest BCUT2D eigenvalue weighted by Crippen LogP contribution is -2.26. The van der Waals surface area contributed by atoms with Crippen molar-refractivity contribution in [2.75, 3.05) is 6.54 Å². The van der Waals surface area contributed by atoms with Gasteiger partial charge in [0.25, 0.3) is 5.91 Å². The fraction of sp³-hybridized carbons (Fsp3) is 0.250. The lowest BCUT2D eigenvalue weighted by molar-refractivity contribution is 0.0950. The topological polar surface area (TPSA) is 73.6 Å². The number of aryl methyl sites for hydroxylation is 2. The summed E-state index contributed by atoms with van der Waals surface area (Å²) in [5.41, 5.74) is 4.43. The van der Waals surface area contributed by atoms with Gasteiger partial charge in [-0.05, 0) is 37.6 Å². The normalized spacial score (nSPS) is 11.0. The van der Waals surface area contributed by atoms with Gasteiger partial charge < -0.3 is 15.3 Å². The lowest BCUT2D eigenvalue weighted by atomic mass is 10.1. The minimum Gasteiger partial charge on any atom is -0.351 e. The maximum Gasteiger partial charge on any atom is 0.267 e. The Kier molecular flexibility index (Phi) is 3.90. The Morgan fingerprint density at radius 1 is 1.36 bits per heavy atom. The summed E-state index contributed by atoms with van der Waals surface area (Å²) in [6.45, 7) is 4.45. The Bertz CT molecular complexity index is 834. The van der Waals surface area contributed by atoms with E-state index in [2.05, 4.69) is 20.3 Å². The SMILES string of the molecule is Cc1[nH]cnc1CCNC(=O)c1cc2c(C)c(Cl)ccc2[nH]1. The number of aromatic nitrogens is 3. The zero-order valence-electron chi connectivity index (χ0n) is 12.5. The average molecular weight is 317 g/mol. The molecule has 3 aromatic rings. The molecule has 0 fully saturated rings. The van der Waals surface area contributed by atoms with E-state index in [1.807, 2.05) is 32.0 Å². The van der Waals surface area contributed by atoms with E-state index in [9.17, 15) is 4.79 Å². The third-order valence-electron chi connectivity index (χ3n) is 3.83. The van der Waals surface area contributed by atoms with E-state index >= 15 is 0 Å². The number of H-pyrrole nitrogens is 2. The van der Waals surface area contributed by atoms with Gasteiger partial charge in [0.05, 0.1) is 12.0 Å². The molecule has 22 heavy (non-hydrogen) atoms. The Morgan fingerprint density at radius 3 is 2.91 bits per heavy atom. The first-order chi connectivity index (χ1) is 10.6. The number of carbonyl (C=O) groups is 1. The molecule has 0 aliphatic carbocycles. The molecule has 0 radical (unpaired) electrons. The standard InChI is InChI=1S/C16H17ClN4O/c1-9-11-7-15(21-14(11)4-3-12(9)17)16(22)18-6-5-13-10(2)19-8-20-13/h3-4,7-8,21H,5-6H2,1-2H3,(H,18,22)(H,19,20). The second kappa shape index (κ2) is 5.85. The fourth-order valence-electron chi connectivity index (χ4n) is 2.47. The van der Waals surface area contributed by atoms with Crippen molar-refractivity contribution in [3.63, 3.8) is 0 Å². The molecule has 0 spiro atoms. The van der Waals surface area contributed by atoms with Crippen molar-refractivity contribution in [2.45, 2.75) is 20.3 Å². The van der Waals surface area contributed by atoms with Crippen molar-refractivity contribution < 1.29 is 4.79 Å². The zero-order valence-corrected chi connectivity index (χ0v) is 13.2. The second-order valence-electron chi connectivity index (χ2n) is 5.30. The number of nitrogens with one attached hydrogen (secondary N) is 3. The largest absolute Gasteiger partial charge is 0.351 e. The molecular weight excluding hydrogens is 300 g/mol. The van der Waals surface area contributed by atoms with Crippen molar-refractivity contribution >= 4 is 28.4 Å². The van der Waals surface area contributed by atoms with Gasteiger partial charge in [-0.3, -0.25) is 4.79 Å². The van der Waals surface area contributed by atoms with Crippen LogP contribution in [-0.2, 0) is 6.42 Å². The Labute approximate surface area is 133 Å². The first-order valence-electron chi connectivity index (χ1n) is 7.11. The molecule has 0 atom stereocenters. The third kappa shape index (κ3) is 2.72. The number of amides is 1. The van der Waals surface area contributed by atoms with E-state index in [4.69, 9.17) is 11.6 Å². The van der Waals surface area contributed by atoms with Crippen molar-refractivity contribution in [1.82, 2.24) is 20.3 Å². The van der Waals surface area contributed by atoms with E-state index < -0.39 is 0 Å². The molecule has 0 bridgehead atoms. The number of rotatable bonds is 4. The van der Waals surface area contributed by atoms with Crippen LogP contribution in [0.2, 0.25) is 5.02 Å². The number of hydrogen-bond acceptors (Lipinski definition) is 2. The molecule has 0 unspecified atom stereocenters. The summed E-state index contributed by atoms with van der Waals surface area (Å²) in [5, 5.41) is 4.58. The number of aromatic amines is 2. The summed E-state index contributed by atoms with van der Waals surface area (Å²) < 4.78 is 0. The number of benzene rings is 1. The minimum absolute atomic E-state index is 0.125. The first kappa shape index (κ1) is 14.7. The van der Waals surface area contributed by atoms with Crippen molar-refractivity contribution in [3.8, 4) is 0 Å². The summed E-state index contributed by atoms with van der Waals surface area (Å²) >= 11 is 6.11. The third-order valence-corrected chi connectivity index (χ3v) is 4.24. The maximum atomic E-state index is 12.2. The number of halogens is 1. The zero-order chi connectivity index (χ0) is 15.7. The second-order valence-corrected chi connectivity index (χ2v) is 5.70. The van der Waals surface area contributed by atoms with Gasteiger partial charge in [-0.1, -0.05) is 11.6 Å². The molecular formula is C16H17ClN4O. The molecule has 0 saturated heterocycles. The molecule has 1 amide bonds. The van der Waals surface area contributed by atoms with Crippen LogP contribution < -0.4 is 5.32 Å². The quantitative estimate of drug-likeness (QED) is 0.692. The molecule has 114 valence electrons. The summed E-state index contributed by atoms with van der Waals surface area (Å²) in [6.07, 6.45) is 2.36. The predicted molar refractivity (Wildman–Crippen MR) is 87.4 cm³/mol. The highest BCUT2D eigenvalue weighted by Gasteiger charge is 2.12. The average Bonchev–Trinajstić information content (AvgIpc) is 3.10. The van der Waals surface area contributed by atoms with Gasteiger partial charge in [0.1, 0.15) is 5.69 Å². The predicted octanol–water partition coefficient (Wildman–Crippen LogP) is 3.13. The number of carbonyl (C=O) groups excluding carboxylic acids is 1. The molecule has 1 aromatic carbocycles. The van der Waals surface area contributed by atoms with Crippen LogP contribution in [0.25, 0.3) is 10.9 Å². The highest BCUT2D eigenvalue weighted by molar-refractivity contribution is 6.32. The van der Waals surface area contributed by atoms with Crippen molar-refractivity contribution in [2.24, 2.45) is 0 Å². The van der Waals surface area contributed by atoms with Gasteiger partial charge in [0.15, 0.2) is 0 Å². The van der Waals surface area contributed by atoms with Gasteiger partial charge in [-0.25, -0.2) is 4.98 Å². The van der Waals surface area contributed by atoms with Crippen LogP contribution in [0.3, 0.4) is 0 Å². The molecule has 3 rings (SSSR count). The van der Waals surface area contributed by atoms with E-state index in [-0.39, 0.29) is 5.91 Å². The smallest absolute Gasteiger partial charge is 0.267 e. The van der Waals surface area contributed by atoms with Gasteiger partial charge in [-0.15, -0.1) is 0 Å². The van der Waals surface area contributed by atoms with Crippen molar-refractivity contribution in [3.05, 3.63) is 52.2 Å². The lowest BCUT2D eigenvalue weighted by Gasteiger charge is -2.02. The summed E-state index contributed by atoms with van der Waals surface area (Å²) in [4.78, 5) is 22.6. The monoisotopic (exact) mass is 316 g/mol. The van der Waals surface area contributed by atoms with Crippen LogP contribution in [0.1, 0.15) is 27.4 Å². The van der Waals surface area contributed by atoms with Crippen LogP contribution in [0.4, 0.5) is 0 Å². The molecule has 2 aromatic heterocycles. The van der Waals surface area contributed by atoms with Gasteiger partial charge in [0.2, 0.25) is 0 Å². The van der Waals surface area contributed by atoms with Crippen LogP contribution in [0.15, 0.2) is 24.5 Å².